The fourth-order valence-electron chi connectivity index (χ4n) is 3.82. The number of nitrogens with zero attached hydrogens (tertiary/aromatic N) is 4. The molecule has 11 nitrogen and oxygen atoms in total. The number of nitro benzene ring substituents is 2. The Balaban J connectivity index is 1.40. The smallest absolute Gasteiger partial charge is 0.318 e. The highest BCUT2D eigenvalue weighted by atomic mass is 35.5. The Morgan fingerprint density at radius 1 is 0.950 bits per heavy atom. The van der Waals surface area contributed by atoms with Gasteiger partial charge in [-0.25, -0.2) is 4.98 Å². The van der Waals surface area contributed by atoms with Crippen LogP contribution in [-0.4, -0.2) is 27.7 Å². The first-order chi connectivity index (χ1) is 19.3. The summed E-state index contributed by atoms with van der Waals surface area (Å²) < 4.78 is 17.3. The number of ether oxygens (including phenoxy) is 2. The molecule has 1 heterocycles. The van der Waals surface area contributed by atoms with Gasteiger partial charge >= 0.3 is 5.69 Å². The maximum Gasteiger partial charge on any atom is 0.318 e. The summed E-state index contributed by atoms with van der Waals surface area (Å²) in [5.74, 6) is 0.804. The van der Waals surface area contributed by atoms with Crippen molar-refractivity contribution in [2.75, 3.05) is 6.61 Å². The van der Waals surface area contributed by atoms with E-state index in [2.05, 4.69) is 9.98 Å². The Morgan fingerprint density at radius 2 is 1.77 bits per heavy atom. The average Bonchev–Trinajstić information content (AvgIpc) is 3.37. The third-order valence-corrected chi connectivity index (χ3v) is 5.88. The Kier molecular flexibility index (Phi) is 7.38. The highest BCUT2D eigenvalue weighted by Gasteiger charge is 2.22. The van der Waals surface area contributed by atoms with E-state index in [-0.39, 0.29) is 11.5 Å². The normalized spacial score (nSPS) is 11.2. The molecule has 0 saturated carbocycles. The average molecular weight is 559 g/mol. The number of fused-ring (bicyclic) bond motifs is 1. The van der Waals surface area contributed by atoms with Crippen LogP contribution in [0.1, 0.15) is 12.5 Å². The molecule has 0 aliphatic rings. The molecule has 40 heavy (non-hydrogen) atoms. The van der Waals surface area contributed by atoms with Gasteiger partial charge in [0.1, 0.15) is 5.52 Å². The number of non-ortho nitro benzene ring substituents is 1. The van der Waals surface area contributed by atoms with E-state index >= 15 is 0 Å². The quantitative estimate of drug-likeness (QED) is 0.101. The molecule has 0 atom stereocenters. The van der Waals surface area contributed by atoms with E-state index in [0.29, 0.717) is 45.6 Å². The number of hydrogen-bond donors (Lipinski definition) is 0. The first-order valence-electron chi connectivity index (χ1n) is 11.9. The van der Waals surface area contributed by atoms with E-state index in [1.165, 1.54) is 6.07 Å². The van der Waals surface area contributed by atoms with Crippen molar-refractivity contribution in [1.29, 1.82) is 0 Å². The fourth-order valence-corrected chi connectivity index (χ4v) is 3.98. The minimum Gasteiger partial charge on any atom is -0.490 e. The van der Waals surface area contributed by atoms with Crippen LogP contribution in [0.15, 0.2) is 88.3 Å². The van der Waals surface area contributed by atoms with Gasteiger partial charge in [-0.15, -0.1) is 0 Å². The van der Waals surface area contributed by atoms with Gasteiger partial charge in [0, 0.05) is 22.9 Å². The van der Waals surface area contributed by atoms with Crippen molar-refractivity contribution in [3.8, 4) is 28.7 Å². The van der Waals surface area contributed by atoms with E-state index in [9.17, 15) is 20.2 Å². The molecule has 5 rings (SSSR count). The van der Waals surface area contributed by atoms with Gasteiger partial charge in [-0.05, 0) is 73.2 Å². The van der Waals surface area contributed by atoms with E-state index in [1.54, 1.807) is 49.5 Å². The molecule has 0 N–H and O–H groups in total. The molecule has 0 unspecified atom stereocenters. The molecular formula is C28H19ClN4O7. The lowest BCUT2D eigenvalue weighted by molar-refractivity contribution is -0.394. The summed E-state index contributed by atoms with van der Waals surface area (Å²) in [5, 5.41) is 23.1. The van der Waals surface area contributed by atoms with E-state index in [1.807, 2.05) is 24.3 Å². The second-order valence-electron chi connectivity index (χ2n) is 8.35. The molecule has 12 heteroatoms. The number of rotatable bonds is 9. The van der Waals surface area contributed by atoms with E-state index in [4.69, 9.17) is 25.5 Å². The lowest BCUT2D eigenvalue weighted by Gasteiger charge is -2.12. The zero-order chi connectivity index (χ0) is 28.2. The van der Waals surface area contributed by atoms with Crippen LogP contribution >= 0.6 is 11.6 Å². The molecule has 1 aromatic heterocycles. The predicted octanol–water partition coefficient (Wildman–Crippen LogP) is 7.91. The third-order valence-electron chi connectivity index (χ3n) is 5.64. The minimum absolute atomic E-state index is 0.156. The Bertz CT molecular complexity index is 1780. The molecule has 5 aromatic rings. The van der Waals surface area contributed by atoms with Gasteiger partial charge in [-0.2, -0.15) is 0 Å². The van der Waals surface area contributed by atoms with Gasteiger partial charge in [-0.3, -0.25) is 25.2 Å². The fraction of sp³-hybridized carbons (Fsp3) is 0.0714. The molecule has 0 fully saturated rings. The number of oxazole rings is 1. The molecule has 0 bridgehead atoms. The van der Waals surface area contributed by atoms with Crippen molar-refractivity contribution in [3.63, 3.8) is 0 Å². The molecule has 0 aliphatic carbocycles. The second-order valence-corrected chi connectivity index (χ2v) is 8.78. The first kappa shape index (κ1) is 26.3. The molecule has 0 amide bonds. The Labute approximate surface area is 231 Å². The molecule has 0 spiro atoms. The van der Waals surface area contributed by atoms with Crippen LogP contribution in [0.4, 0.5) is 17.1 Å². The summed E-state index contributed by atoms with van der Waals surface area (Å²) in [4.78, 5) is 30.1. The molecule has 4 aromatic carbocycles. The van der Waals surface area contributed by atoms with Crippen LogP contribution in [0.5, 0.6) is 17.2 Å². The monoisotopic (exact) mass is 558 g/mol. The van der Waals surface area contributed by atoms with Gasteiger partial charge in [-0.1, -0.05) is 17.7 Å². The first-order valence-corrected chi connectivity index (χ1v) is 12.3. The van der Waals surface area contributed by atoms with Gasteiger partial charge in [0.25, 0.3) is 5.69 Å². The lowest BCUT2D eigenvalue weighted by Crippen LogP contribution is -1.99. The van der Waals surface area contributed by atoms with Crippen molar-refractivity contribution >= 4 is 46.0 Å². The largest absolute Gasteiger partial charge is 0.490 e. The number of halogens is 1. The summed E-state index contributed by atoms with van der Waals surface area (Å²) in [6.45, 7) is 2.08. The number of nitro groups is 2. The molecule has 200 valence electrons. The van der Waals surface area contributed by atoms with Crippen LogP contribution in [0, 0.1) is 20.2 Å². The summed E-state index contributed by atoms with van der Waals surface area (Å²) in [6.07, 6.45) is 1.63. The topological polar surface area (TPSA) is 143 Å². The van der Waals surface area contributed by atoms with Crippen molar-refractivity contribution in [3.05, 3.63) is 110 Å². The predicted molar refractivity (Wildman–Crippen MR) is 149 cm³/mol. The highest BCUT2D eigenvalue weighted by molar-refractivity contribution is 6.31. The summed E-state index contributed by atoms with van der Waals surface area (Å²) in [7, 11) is 0. The number of benzene rings is 4. The number of aromatic nitrogens is 1. The van der Waals surface area contributed by atoms with Crippen LogP contribution in [0.2, 0.25) is 5.02 Å². The maximum atomic E-state index is 11.5. The zero-order valence-electron chi connectivity index (χ0n) is 20.8. The maximum absolute atomic E-state index is 11.5. The SMILES string of the molecule is CCOc1cc(C=Nc2cccc(-c3nc4cc(Cl)ccc4o3)c2)ccc1Oc1ccc([N+](=O)[O-])cc1[N+](=O)[O-]. The number of hydrogen-bond acceptors (Lipinski definition) is 9. The van der Waals surface area contributed by atoms with E-state index < -0.39 is 21.2 Å². The van der Waals surface area contributed by atoms with Crippen molar-refractivity contribution in [2.24, 2.45) is 4.99 Å². The van der Waals surface area contributed by atoms with Crippen molar-refractivity contribution in [1.82, 2.24) is 4.98 Å². The summed E-state index contributed by atoms with van der Waals surface area (Å²) >= 11 is 6.05. The van der Waals surface area contributed by atoms with Crippen LogP contribution in [-0.2, 0) is 0 Å². The van der Waals surface area contributed by atoms with Crippen LogP contribution in [0.25, 0.3) is 22.6 Å². The summed E-state index contributed by atoms with van der Waals surface area (Å²) in [5.41, 5.74) is 2.39. The molecule has 0 saturated heterocycles. The summed E-state index contributed by atoms with van der Waals surface area (Å²) in [6, 6.07) is 20.7. The molecular weight excluding hydrogens is 540 g/mol. The van der Waals surface area contributed by atoms with E-state index in [0.717, 1.165) is 17.7 Å². The van der Waals surface area contributed by atoms with Gasteiger partial charge in [0.05, 0.1) is 28.2 Å². The Morgan fingerprint density at radius 3 is 2.55 bits per heavy atom. The zero-order valence-corrected chi connectivity index (χ0v) is 21.6. The van der Waals surface area contributed by atoms with Crippen LogP contribution < -0.4 is 9.47 Å². The van der Waals surface area contributed by atoms with Gasteiger partial charge in [0.15, 0.2) is 17.1 Å². The van der Waals surface area contributed by atoms with Crippen molar-refractivity contribution in [2.45, 2.75) is 6.92 Å². The second kappa shape index (κ2) is 11.2. The lowest BCUT2D eigenvalue weighted by atomic mass is 10.2. The third kappa shape index (κ3) is 5.74. The Hall–Kier alpha value is -5.29. The van der Waals surface area contributed by atoms with Crippen molar-refractivity contribution < 1.29 is 23.7 Å². The standard InChI is InChI=1S/C28H19ClN4O7/c1-2-38-27-12-17(6-9-26(27)39-25-11-8-21(32(34)35)15-23(25)33(36)37)16-30-20-5-3-4-18(13-20)28-31-22-14-19(29)7-10-24(22)40-28/h3-16H,2H2,1H3. The molecule has 0 aliphatic heterocycles. The minimum atomic E-state index is -0.742. The van der Waals surface area contributed by atoms with Gasteiger partial charge < -0.3 is 13.9 Å². The number of aliphatic imine (C=N–C) groups is 1. The highest BCUT2D eigenvalue weighted by Crippen LogP contribution is 2.38. The van der Waals surface area contributed by atoms with Gasteiger partial charge in [0.2, 0.25) is 11.6 Å². The van der Waals surface area contributed by atoms with Crippen LogP contribution in [0.3, 0.4) is 0 Å². The molecule has 0 radical (unpaired) electrons.